The fourth-order valence-electron chi connectivity index (χ4n) is 1.60. The standard InChI is InChI=1S/C14H13N3O2S/c1-9-5-6-11(4-3-7-18)8-12(9)13(19)16-14-15-10(2)17-20-14/h5-6,8,18H,7H2,1-2H3,(H,15,16,17,19). The van der Waals surface area contributed by atoms with Gasteiger partial charge in [-0.2, -0.15) is 4.37 Å². The minimum absolute atomic E-state index is 0.209. The van der Waals surface area contributed by atoms with Crippen LogP contribution in [0.25, 0.3) is 0 Å². The first kappa shape index (κ1) is 14.2. The SMILES string of the molecule is Cc1nsc(NC(=O)c2cc(C#CCO)ccc2C)n1. The first-order valence-corrected chi connectivity index (χ1v) is 6.69. The van der Waals surface area contributed by atoms with Crippen molar-refractivity contribution in [3.63, 3.8) is 0 Å². The molecule has 0 saturated carbocycles. The van der Waals surface area contributed by atoms with Crippen LogP contribution in [0.3, 0.4) is 0 Å². The largest absolute Gasteiger partial charge is 0.384 e. The molecule has 1 aromatic heterocycles. The summed E-state index contributed by atoms with van der Waals surface area (Å²) in [6.45, 7) is 3.41. The number of hydrogen-bond donors (Lipinski definition) is 2. The zero-order chi connectivity index (χ0) is 14.5. The minimum atomic E-state index is -0.244. The molecule has 102 valence electrons. The number of carbonyl (C=O) groups is 1. The van der Waals surface area contributed by atoms with E-state index in [0.29, 0.717) is 22.1 Å². The van der Waals surface area contributed by atoms with E-state index in [1.54, 1.807) is 13.0 Å². The molecule has 0 radical (unpaired) electrons. The van der Waals surface area contributed by atoms with Gasteiger partial charge in [-0.15, -0.1) is 0 Å². The third-order valence-electron chi connectivity index (χ3n) is 2.54. The second-order valence-corrected chi connectivity index (χ2v) is 4.84. The Bertz CT molecular complexity index is 698. The fourth-order valence-corrected chi connectivity index (χ4v) is 2.17. The Labute approximate surface area is 120 Å². The molecular formula is C14H13N3O2S. The van der Waals surface area contributed by atoms with E-state index in [1.807, 2.05) is 19.1 Å². The van der Waals surface area contributed by atoms with Crippen LogP contribution in [-0.2, 0) is 0 Å². The summed E-state index contributed by atoms with van der Waals surface area (Å²) in [4.78, 5) is 16.3. The molecule has 0 bridgehead atoms. The number of nitrogens with zero attached hydrogens (tertiary/aromatic N) is 2. The number of aliphatic hydroxyl groups is 1. The van der Waals surface area contributed by atoms with E-state index < -0.39 is 0 Å². The number of benzene rings is 1. The summed E-state index contributed by atoms with van der Waals surface area (Å²) in [6, 6.07) is 5.33. The van der Waals surface area contributed by atoms with E-state index in [2.05, 4.69) is 26.5 Å². The van der Waals surface area contributed by atoms with Crippen LogP contribution in [0, 0.1) is 25.7 Å². The highest BCUT2D eigenvalue weighted by Gasteiger charge is 2.12. The average molecular weight is 287 g/mol. The van der Waals surface area contributed by atoms with Crippen molar-refractivity contribution in [3.05, 3.63) is 40.7 Å². The van der Waals surface area contributed by atoms with Crippen LogP contribution in [0.4, 0.5) is 5.13 Å². The maximum atomic E-state index is 12.2. The van der Waals surface area contributed by atoms with E-state index >= 15 is 0 Å². The Balaban J connectivity index is 2.24. The molecule has 0 aliphatic rings. The summed E-state index contributed by atoms with van der Waals surface area (Å²) in [5.41, 5.74) is 2.06. The molecule has 0 atom stereocenters. The Kier molecular flexibility index (Phi) is 4.45. The second-order valence-electron chi connectivity index (χ2n) is 4.09. The molecule has 5 nitrogen and oxygen atoms in total. The molecule has 0 unspecified atom stereocenters. The van der Waals surface area contributed by atoms with E-state index in [-0.39, 0.29) is 12.5 Å². The first-order chi connectivity index (χ1) is 9.60. The quantitative estimate of drug-likeness (QED) is 0.825. The van der Waals surface area contributed by atoms with Gasteiger partial charge in [-0.25, -0.2) is 4.98 Å². The number of aryl methyl sites for hydroxylation is 2. The Morgan fingerprint density at radius 3 is 2.90 bits per heavy atom. The Morgan fingerprint density at radius 1 is 1.45 bits per heavy atom. The van der Waals surface area contributed by atoms with Crippen LogP contribution in [0.2, 0.25) is 0 Å². The molecule has 0 aliphatic carbocycles. The topological polar surface area (TPSA) is 75.1 Å². The van der Waals surface area contributed by atoms with Crippen molar-refractivity contribution in [2.45, 2.75) is 13.8 Å². The summed E-state index contributed by atoms with van der Waals surface area (Å²) in [5.74, 6) is 5.72. The number of aromatic nitrogens is 2. The number of carbonyl (C=O) groups excluding carboxylic acids is 1. The molecule has 0 saturated heterocycles. The summed E-state index contributed by atoms with van der Waals surface area (Å²) in [7, 11) is 0. The highest BCUT2D eigenvalue weighted by atomic mass is 32.1. The summed E-state index contributed by atoms with van der Waals surface area (Å²) >= 11 is 1.14. The molecule has 0 aliphatic heterocycles. The lowest BCUT2D eigenvalue weighted by Gasteiger charge is -2.05. The van der Waals surface area contributed by atoms with Crippen LogP contribution in [-0.4, -0.2) is 27.0 Å². The van der Waals surface area contributed by atoms with Crippen molar-refractivity contribution < 1.29 is 9.90 Å². The zero-order valence-electron chi connectivity index (χ0n) is 11.1. The molecule has 20 heavy (non-hydrogen) atoms. The van der Waals surface area contributed by atoms with Gasteiger partial charge in [0.05, 0.1) is 0 Å². The zero-order valence-corrected chi connectivity index (χ0v) is 11.9. The smallest absolute Gasteiger partial charge is 0.257 e. The van der Waals surface area contributed by atoms with Gasteiger partial charge in [-0.1, -0.05) is 17.9 Å². The molecule has 2 rings (SSSR count). The van der Waals surface area contributed by atoms with Crippen molar-refractivity contribution >= 4 is 22.6 Å². The van der Waals surface area contributed by atoms with Crippen molar-refractivity contribution in [1.29, 1.82) is 0 Å². The Hall–Kier alpha value is -2.23. The van der Waals surface area contributed by atoms with Gasteiger partial charge in [0.2, 0.25) is 5.13 Å². The molecule has 1 aromatic carbocycles. The molecule has 6 heteroatoms. The highest BCUT2D eigenvalue weighted by molar-refractivity contribution is 7.09. The van der Waals surface area contributed by atoms with Gasteiger partial charge < -0.3 is 5.11 Å². The van der Waals surface area contributed by atoms with Gasteiger partial charge in [0, 0.05) is 22.7 Å². The predicted octanol–water partition coefficient (Wildman–Crippen LogP) is 1.75. The van der Waals surface area contributed by atoms with Crippen LogP contribution < -0.4 is 5.32 Å². The molecule has 0 fully saturated rings. The number of hydrogen-bond acceptors (Lipinski definition) is 5. The van der Waals surface area contributed by atoms with Crippen LogP contribution >= 0.6 is 11.5 Å². The molecule has 2 N–H and O–H groups in total. The maximum absolute atomic E-state index is 12.2. The van der Waals surface area contributed by atoms with Gasteiger partial charge in [-0.05, 0) is 31.5 Å². The third-order valence-corrected chi connectivity index (χ3v) is 3.26. The monoisotopic (exact) mass is 287 g/mol. The molecular weight excluding hydrogens is 274 g/mol. The number of amides is 1. The number of nitrogens with one attached hydrogen (secondary N) is 1. The molecule has 1 amide bonds. The molecule has 0 spiro atoms. The second kappa shape index (κ2) is 6.28. The fraction of sp³-hybridized carbons (Fsp3) is 0.214. The lowest BCUT2D eigenvalue weighted by Crippen LogP contribution is -2.13. The van der Waals surface area contributed by atoms with Crippen LogP contribution in [0.15, 0.2) is 18.2 Å². The van der Waals surface area contributed by atoms with E-state index in [0.717, 1.165) is 17.1 Å². The van der Waals surface area contributed by atoms with Crippen molar-refractivity contribution in [2.24, 2.45) is 0 Å². The number of anilines is 1. The van der Waals surface area contributed by atoms with Gasteiger partial charge in [-0.3, -0.25) is 10.1 Å². The van der Waals surface area contributed by atoms with Crippen LogP contribution in [0.5, 0.6) is 0 Å². The number of aliphatic hydroxyl groups excluding tert-OH is 1. The average Bonchev–Trinajstić information content (AvgIpc) is 2.83. The van der Waals surface area contributed by atoms with Gasteiger partial charge >= 0.3 is 0 Å². The van der Waals surface area contributed by atoms with Crippen molar-refractivity contribution in [1.82, 2.24) is 9.36 Å². The van der Waals surface area contributed by atoms with E-state index in [1.165, 1.54) is 0 Å². The van der Waals surface area contributed by atoms with Crippen molar-refractivity contribution in [2.75, 3.05) is 11.9 Å². The first-order valence-electron chi connectivity index (χ1n) is 5.92. The van der Waals surface area contributed by atoms with E-state index in [4.69, 9.17) is 5.11 Å². The maximum Gasteiger partial charge on any atom is 0.257 e. The summed E-state index contributed by atoms with van der Waals surface area (Å²) in [6.07, 6.45) is 0. The lowest BCUT2D eigenvalue weighted by molar-refractivity contribution is 0.102. The minimum Gasteiger partial charge on any atom is -0.384 e. The highest BCUT2D eigenvalue weighted by Crippen LogP contribution is 2.15. The van der Waals surface area contributed by atoms with Gasteiger partial charge in [0.25, 0.3) is 5.91 Å². The van der Waals surface area contributed by atoms with Crippen LogP contribution in [0.1, 0.15) is 27.3 Å². The normalized spacial score (nSPS) is 9.75. The summed E-state index contributed by atoms with van der Waals surface area (Å²) < 4.78 is 4.01. The number of rotatable bonds is 2. The molecule has 2 aromatic rings. The Morgan fingerprint density at radius 2 is 2.25 bits per heavy atom. The van der Waals surface area contributed by atoms with Gasteiger partial charge in [0.15, 0.2) is 0 Å². The predicted molar refractivity (Wildman–Crippen MR) is 77.7 cm³/mol. The van der Waals surface area contributed by atoms with Gasteiger partial charge in [0.1, 0.15) is 12.4 Å². The molecule has 1 heterocycles. The van der Waals surface area contributed by atoms with Crippen molar-refractivity contribution in [3.8, 4) is 11.8 Å². The third kappa shape index (κ3) is 3.41. The van der Waals surface area contributed by atoms with E-state index in [9.17, 15) is 4.79 Å². The lowest BCUT2D eigenvalue weighted by atomic mass is 10.0. The summed E-state index contributed by atoms with van der Waals surface area (Å²) in [5, 5.41) is 11.9.